The molecule has 0 spiro atoms. The van der Waals surface area contributed by atoms with Crippen molar-refractivity contribution in [3.05, 3.63) is 28.8 Å². The second kappa shape index (κ2) is 6.96. The van der Waals surface area contributed by atoms with Gasteiger partial charge in [-0.3, -0.25) is 4.79 Å². The zero-order valence-corrected chi connectivity index (χ0v) is 16.9. The highest BCUT2D eigenvalue weighted by Crippen LogP contribution is 2.39. The number of rotatable bonds is 4. The molecular weight excluding hydrogens is 340 g/mol. The van der Waals surface area contributed by atoms with Gasteiger partial charge >= 0.3 is 0 Å². The van der Waals surface area contributed by atoms with Crippen molar-refractivity contribution < 1.29 is 18.3 Å². The van der Waals surface area contributed by atoms with Crippen LogP contribution in [0.2, 0.25) is 0 Å². The molecule has 1 amide bonds. The summed E-state index contributed by atoms with van der Waals surface area (Å²) < 4.78 is 22.6. The zero-order chi connectivity index (χ0) is 19.8. The van der Waals surface area contributed by atoms with Crippen LogP contribution in [0.4, 0.5) is 0 Å². The van der Waals surface area contributed by atoms with Gasteiger partial charge < -0.3 is 10.4 Å². The molecule has 0 heterocycles. The maximum atomic E-state index is 12.5. The minimum atomic E-state index is -3.70. The molecule has 0 aromatic heterocycles. The van der Waals surface area contributed by atoms with Crippen LogP contribution >= 0.6 is 0 Å². The normalized spacial score (nSPS) is 14.2. The number of amides is 1. The van der Waals surface area contributed by atoms with Crippen molar-refractivity contribution in [1.29, 1.82) is 0 Å². The van der Waals surface area contributed by atoms with Gasteiger partial charge in [0.1, 0.15) is 5.75 Å². The van der Waals surface area contributed by atoms with Gasteiger partial charge in [0.15, 0.2) is 0 Å². The van der Waals surface area contributed by atoms with Gasteiger partial charge in [-0.25, -0.2) is 13.6 Å². The Morgan fingerprint density at radius 2 is 1.52 bits per heavy atom. The number of hydrogen-bond acceptors (Lipinski definition) is 4. The molecule has 0 bridgehead atoms. The minimum Gasteiger partial charge on any atom is -0.507 e. The maximum absolute atomic E-state index is 12.5. The summed E-state index contributed by atoms with van der Waals surface area (Å²) in [5.74, 6) is -0.207. The van der Waals surface area contributed by atoms with Gasteiger partial charge in [0.05, 0.1) is 5.25 Å². The van der Waals surface area contributed by atoms with Crippen LogP contribution in [0.5, 0.6) is 5.75 Å². The Labute approximate surface area is 150 Å². The smallest absolute Gasteiger partial charge is 0.251 e. The van der Waals surface area contributed by atoms with E-state index < -0.39 is 21.2 Å². The standard InChI is InChI=1S/C18H30N2O4S/c1-11(25(19,23)24)10-20-16(22)12-8-13(17(2,3)4)15(21)14(9-12)18(5,6)7/h8-9,11,21H,10H2,1-7H3,(H,20,22)(H2,19,23,24). The number of aromatic hydroxyl groups is 1. The highest BCUT2D eigenvalue weighted by Gasteiger charge is 2.28. The fraction of sp³-hybridized carbons (Fsp3) is 0.611. The van der Waals surface area contributed by atoms with Crippen molar-refractivity contribution in [3.8, 4) is 5.75 Å². The lowest BCUT2D eigenvalue weighted by Crippen LogP contribution is -2.38. The lowest BCUT2D eigenvalue weighted by atomic mass is 9.78. The van der Waals surface area contributed by atoms with Crippen LogP contribution < -0.4 is 10.5 Å². The van der Waals surface area contributed by atoms with E-state index in [-0.39, 0.29) is 23.1 Å². The molecule has 0 aliphatic carbocycles. The Morgan fingerprint density at radius 1 is 1.12 bits per heavy atom. The van der Waals surface area contributed by atoms with E-state index in [1.54, 1.807) is 12.1 Å². The fourth-order valence-electron chi connectivity index (χ4n) is 2.36. The SMILES string of the molecule is CC(CNC(=O)c1cc(C(C)(C)C)c(O)c(C(C)(C)C)c1)S(N)(=O)=O. The molecule has 25 heavy (non-hydrogen) atoms. The number of sulfonamides is 1. The monoisotopic (exact) mass is 370 g/mol. The predicted octanol–water partition coefficient (Wildman–Crippen LogP) is 2.39. The van der Waals surface area contributed by atoms with Crippen molar-refractivity contribution in [2.45, 2.75) is 64.5 Å². The van der Waals surface area contributed by atoms with Crippen molar-refractivity contribution in [3.63, 3.8) is 0 Å². The first kappa shape index (κ1) is 21.4. The molecular formula is C18H30N2O4S. The molecule has 1 aromatic carbocycles. The molecule has 142 valence electrons. The number of carbonyl (C=O) groups is 1. The summed E-state index contributed by atoms with van der Waals surface area (Å²) in [6.45, 7) is 13.1. The molecule has 0 saturated heterocycles. The minimum absolute atomic E-state index is 0.0752. The summed E-state index contributed by atoms with van der Waals surface area (Å²) in [6.07, 6.45) is 0. The van der Waals surface area contributed by atoms with E-state index in [1.165, 1.54) is 6.92 Å². The highest BCUT2D eigenvalue weighted by molar-refractivity contribution is 7.89. The molecule has 0 radical (unpaired) electrons. The van der Waals surface area contributed by atoms with Crippen molar-refractivity contribution >= 4 is 15.9 Å². The molecule has 0 aliphatic heterocycles. The quantitative estimate of drug-likeness (QED) is 0.756. The average molecular weight is 371 g/mol. The van der Waals surface area contributed by atoms with Gasteiger partial charge in [0.2, 0.25) is 10.0 Å². The Hall–Kier alpha value is -1.60. The van der Waals surface area contributed by atoms with Crippen molar-refractivity contribution in [1.82, 2.24) is 5.32 Å². The van der Waals surface area contributed by atoms with Gasteiger partial charge in [0.25, 0.3) is 5.91 Å². The van der Waals surface area contributed by atoms with Gasteiger partial charge in [0, 0.05) is 23.2 Å². The number of nitrogens with one attached hydrogen (secondary N) is 1. The maximum Gasteiger partial charge on any atom is 0.251 e. The molecule has 0 saturated carbocycles. The molecule has 0 fully saturated rings. The highest BCUT2D eigenvalue weighted by atomic mass is 32.2. The lowest BCUT2D eigenvalue weighted by molar-refractivity contribution is 0.0953. The third-order valence-electron chi connectivity index (χ3n) is 4.10. The number of benzene rings is 1. The summed E-state index contributed by atoms with van der Waals surface area (Å²) in [4.78, 5) is 12.5. The Balaban J connectivity index is 3.30. The number of phenols is 1. The van der Waals surface area contributed by atoms with E-state index in [4.69, 9.17) is 5.14 Å². The van der Waals surface area contributed by atoms with E-state index in [2.05, 4.69) is 5.32 Å². The first-order valence-electron chi connectivity index (χ1n) is 8.23. The average Bonchev–Trinajstić information content (AvgIpc) is 2.40. The number of primary sulfonamides is 1. The molecule has 1 unspecified atom stereocenters. The summed E-state index contributed by atoms with van der Waals surface area (Å²) in [5, 5.41) is 17.5. The van der Waals surface area contributed by atoms with Crippen LogP contribution in [-0.4, -0.2) is 31.2 Å². The van der Waals surface area contributed by atoms with Crippen LogP contribution in [0.1, 0.15) is 70.0 Å². The summed E-state index contributed by atoms with van der Waals surface area (Å²) in [7, 11) is -3.70. The molecule has 1 atom stereocenters. The van der Waals surface area contributed by atoms with Gasteiger partial charge in [-0.15, -0.1) is 0 Å². The second-order valence-electron chi connectivity index (χ2n) is 8.53. The molecule has 0 aliphatic rings. The Kier molecular flexibility index (Phi) is 5.97. The number of nitrogens with two attached hydrogens (primary N) is 1. The van der Waals surface area contributed by atoms with Gasteiger partial charge in [-0.2, -0.15) is 0 Å². The molecule has 6 nitrogen and oxygen atoms in total. The van der Waals surface area contributed by atoms with Crippen LogP contribution in [0.3, 0.4) is 0 Å². The second-order valence-corrected chi connectivity index (χ2v) is 10.5. The first-order chi connectivity index (χ1) is 11.0. The number of hydrogen-bond donors (Lipinski definition) is 3. The van der Waals surface area contributed by atoms with Gasteiger partial charge in [-0.1, -0.05) is 41.5 Å². The predicted molar refractivity (Wildman–Crippen MR) is 100 cm³/mol. The molecule has 1 rings (SSSR count). The molecule has 4 N–H and O–H groups in total. The third kappa shape index (κ3) is 5.44. The molecule has 7 heteroatoms. The van der Waals surface area contributed by atoms with Crippen molar-refractivity contribution in [2.24, 2.45) is 5.14 Å². The van der Waals surface area contributed by atoms with E-state index in [1.807, 2.05) is 41.5 Å². The van der Waals surface area contributed by atoms with Crippen LogP contribution in [-0.2, 0) is 20.9 Å². The first-order valence-corrected chi connectivity index (χ1v) is 9.84. The Morgan fingerprint density at radius 3 is 1.84 bits per heavy atom. The fourth-order valence-corrected chi connectivity index (χ4v) is 2.68. The summed E-state index contributed by atoms with van der Waals surface area (Å²) in [6, 6.07) is 3.31. The van der Waals surface area contributed by atoms with Crippen molar-refractivity contribution in [2.75, 3.05) is 6.54 Å². The summed E-state index contributed by atoms with van der Waals surface area (Å²) >= 11 is 0. The lowest BCUT2D eigenvalue weighted by Gasteiger charge is -2.28. The zero-order valence-electron chi connectivity index (χ0n) is 16.1. The number of phenolic OH excluding ortho intramolecular Hbond substituents is 1. The largest absolute Gasteiger partial charge is 0.507 e. The van der Waals surface area contributed by atoms with E-state index in [0.717, 1.165) is 0 Å². The Bertz CT molecular complexity index is 721. The van der Waals surface area contributed by atoms with Crippen LogP contribution in [0.25, 0.3) is 0 Å². The van der Waals surface area contributed by atoms with Crippen LogP contribution in [0.15, 0.2) is 12.1 Å². The molecule has 1 aromatic rings. The van der Waals surface area contributed by atoms with Crippen LogP contribution in [0, 0.1) is 0 Å². The number of carbonyl (C=O) groups excluding carboxylic acids is 1. The topological polar surface area (TPSA) is 109 Å². The van der Waals surface area contributed by atoms with E-state index in [0.29, 0.717) is 16.7 Å². The summed E-state index contributed by atoms with van der Waals surface area (Å²) in [5.41, 5.74) is 1.02. The van der Waals surface area contributed by atoms with Gasteiger partial charge in [-0.05, 0) is 29.9 Å². The van der Waals surface area contributed by atoms with E-state index in [9.17, 15) is 18.3 Å². The van der Waals surface area contributed by atoms with E-state index >= 15 is 0 Å². The third-order valence-corrected chi connectivity index (χ3v) is 5.39.